The predicted molar refractivity (Wildman–Crippen MR) is 173 cm³/mol. The number of aryl methyl sites for hydroxylation is 1. The van der Waals surface area contributed by atoms with Crippen LogP contribution in [0.25, 0.3) is 28.1 Å². The molecule has 0 aliphatic carbocycles. The fourth-order valence-electron chi connectivity index (χ4n) is 5.78. The van der Waals surface area contributed by atoms with E-state index in [1.165, 1.54) is 27.7 Å². The standard InChI is InChI=1S/C32H31Cl2FN8O3/c1-19-5-3-6-28(25-13-20(9-10-36-25)31-26(38-32(19)45)16-37-42(31)11-4-12-46-2)41-17-24(35)22(15-30(41)44)23-14-21(33)7-8-27(23)43-18-29(34)39-40-43/h7-10,13-19,28H,3-6,11-12H2,1-2H3,(H,38,45). The molecule has 238 valence electrons. The number of aromatic nitrogens is 7. The molecule has 5 aromatic rings. The molecule has 0 fully saturated rings. The average molecular weight is 666 g/mol. The highest BCUT2D eigenvalue weighted by atomic mass is 35.5. The second-order valence-corrected chi connectivity index (χ2v) is 12.0. The van der Waals surface area contributed by atoms with Crippen molar-refractivity contribution in [2.75, 3.05) is 19.0 Å². The Morgan fingerprint density at radius 1 is 1.09 bits per heavy atom. The highest BCUT2D eigenvalue weighted by molar-refractivity contribution is 6.31. The van der Waals surface area contributed by atoms with E-state index in [2.05, 4.69) is 25.7 Å². The Kier molecular flexibility index (Phi) is 9.29. The normalized spacial score (nSPS) is 16.8. The average Bonchev–Trinajstić information content (AvgIpc) is 3.65. The molecule has 4 aromatic heterocycles. The Labute approximate surface area is 273 Å². The maximum atomic E-state index is 16.1. The van der Waals surface area contributed by atoms with Gasteiger partial charge in [0, 0.05) is 66.4 Å². The third-order valence-electron chi connectivity index (χ3n) is 8.10. The van der Waals surface area contributed by atoms with Crippen LogP contribution in [-0.4, -0.2) is 53.9 Å². The van der Waals surface area contributed by atoms with Crippen molar-refractivity contribution >= 4 is 34.8 Å². The first-order valence-electron chi connectivity index (χ1n) is 14.8. The second kappa shape index (κ2) is 13.5. The second-order valence-electron chi connectivity index (χ2n) is 11.2. The number of amides is 1. The molecule has 46 heavy (non-hydrogen) atoms. The van der Waals surface area contributed by atoms with Crippen LogP contribution in [0.3, 0.4) is 0 Å². The number of anilines is 1. The highest BCUT2D eigenvalue weighted by Gasteiger charge is 2.25. The molecule has 0 saturated carbocycles. The SMILES string of the molecule is COCCCn1ncc2c1-c1ccnc(c1)C(n1cc(F)c(-c3cc(Cl)ccc3-n3cc(Cl)nn3)cc1=O)CCCC(C)C(=O)N2. The van der Waals surface area contributed by atoms with Crippen molar-refractivity contribution in [1.82, 2.24) is 34.3 Å². The summed E-state index contributed by atoms with van der Waals surface area (Å²) in [6, 6.07) is 9.20. The summed E-state index contributed by atoms with van der Waals surface area (Å²) in [6.07, 6.45) is 8.30. The van der Waals surface area contributed by atoms with Gasteiger partial charge in [-0.1, -0.05) is 41.8 Å². The molecule has 1 N–H and O–H groups in total. The molecular weight excluding hydrogens is 634 g/mol. The van der Waals surface area contributed by atoms with Crippen LogP contribution in [0.4, 0.5) is 10.1 Å². The summed E-state index contributed by atoms with van der Waals surface area (Å²) in [5.74, 6) is -1.07. The number of hydrogen-bond donors (Lipinski definition) is 1. The maximum absolute atomic E-state index is 16.1. The van der Waals surface area contributed by atoms with E-state index in [0.717, 1.165) is 17.7 Å². The van der Waals surface area contributed by atoms with Gasteiger partial charge in [0.25, 0.3) is 5.56 Å². The molecule has 0 spiro atoms. The fraction of sp³-hybridized carbons (Fsp3) is 0.312. The van der Waals surface area contributed by atoms with Gasteiger partial charge in [-0.2, -0.15) is 5.10 Å². The molecular formula is C32H31Cl2FN8O3. The molecule has 6 rings (SSSR count). The lowest BCUT2D eigenvalue weighted by Crippen LogP contribution is -2.27. The molecule has 0 saturated heterocycles. The smallest absolute Gasteiger partial charge is 0.251 e. The first-order chi connectivity index (χ1) is 22.2. The molecule has 1 aromatic carbocycles. The zero-order chi connectivity index (χ0) is 32.4. The number of nitrogens with one attached hydrogen (secondary N) is 1. The number of ether oxygens (including phenoxy) is 1. The molecule has 1 amide bonds. The number of rotatable bonds is 7. The lowest BCUT2D eigenvalue weighted by Gasteiger charge is -2.23. The predicted octanol–water partition coefficient (Wildman–Crippen LogP) is 6.18. The third kappa shape index (κ3) is 6.46. The van der Waals surface area contributed by atoms with E-state index in [4.69, 9.17) is 27.9 Å². The highest BCUT2D eigenvalue weighted by Crippen LogP contribution is 2.35. The number of carbonyl (C=O) groups excluding carboxylic acids is 1. The monoisotopic (exact) mass is 664 g/mol. The molecule has 1 aliphatic heterocycles. The molecule has 2 bridgehead atoms. The minimum Gasteiger partial charge on any atom is -0.385 e. The van der Waals surface area contributed by atoms with E-state index in [0.29, 0.717) is 60.1 Å². The van der Waals surface area contributed by atoms with E-state index in [1.54, 1.807) is 37.7 Å². The Morgan fingerprint density at radius 3 is 2.72 bits per heavy atom. The van der Waals surface area contributed by atoms with Crippen LogP contribution in [-0.2, 0) is 16.1 Å². The van der Waals surface area contributed by atoms with Gasteiger partial charge in [0.2, 0.25) is 5.91 Å². The van der Waals surface area contributed by atoms with Crippen LogP contribution in [0.1, 0.15) is 44.3 Å². The Hall–Kier alpha value is -4.39. The fourth-order valence-corrected chi connectivity index (χ4v) is 6.08. The van der Waals surface area contributed by atoms with Gasteiger partial charge in [0.15, 0.2) is 5.15 Å². The maximum Gasteiger partial charge on any atom is 0.251 e. The molecule has 14 heteroatoms. The number of halogens is 3. The van der Waals surface area contributed by atoms with Crippen LogP contribution >= 0.6 is 23.2 Å². The van der Waals surface area contributed by atoms with Crippen molar-refractivity contribution in [3.63, 3.8) is 0 Å². The Balaban J connectivity index is 1.45. The first kappa shape index (κ1) is 31.6. The lowest BCUT2D eigenvalue weighted by molar-refractivity contribution is -0.119. The van der Waals surface area contributed by atoms with E-state index >= 15 is 4.39 Å². The van der Waals surface area contributed by atoms with Gasteiger partial charge in [-0.15, -0.1) is 5.10 Å². The minimum atomic E-state index is -0.636. The number of methoxy groups -OCH3 is 1. The van der Waals surface area contributed by atoms with Crippen molar-refractivity contribution in [3.05, 3.63) is 93.2 Å². The summed E-state index contributed by atoms with van der Waals surface area (Å²) in [5.41, 5.74) is 3.07. The van der Waals surface area contributed by atoms with Crippen molar-refractivity contribution < 1.29 is 13.9 Å². The summed E-state index contributed by atoms with van der Waals surface area (Å²) in [4.78, 5) is 31.6. The first-order valence-corrected chi connectivity index (χ1v) is 15.6. The molecule has 2 unspecified atom stereocenters. The van der Waals surface area contributed by atoms with Crippen molar-refractivity contribution in [2.24, 2.45) is 5.92 Å². The van der Waals surface area contributed by atoms with Gasteiger partial charge in [0.05, 0.1) is 41.2 Å². The van der Waals surface area contributed by atoms with E-state index in [1.807, 2.05) is 23.7 Å². The van der Waals surface area contributed by atoms with Gasteiger partial charge in [0.1, 0.15) is 5.82 Å². The summed E-state index contributed by atoms with van der Waals surface area (Å²) in [7, 11) is 1.64. The molecule has 11 nitrogen and oxygen atoms in total. The summed E-state index contributed by atoms with van der Waals surface area (Å²) >= 11 is 12.3. The minimum absolute atomic E-state index is 0.0510. The van der Waals surface area contributed by atoms with Crippen molar-refractivity contribution in [1.29, 1.82) is 0 Å². The number of fused-ring (bicyclic) bond motifs is 4. The topological polar surface area (TPSA) is 122 Å². The lowest BCUT2D eigenvalue weighted by atomic mass is 9.96. The quantitative estimate of drug-likeness (QED) is 0.206. The van der Waals surface area contributed by atoms with E-state index in [-0.39, 0.29) is 22.5 Å². The van der Waals surface area contributed by atoms with Crippen LogP contribution < -0.4 is 10.9 Å². The largest absolute Gasteiger partial charge is 0.385 e. The number of nitrogens with zero attached hydrogens (tertiary/aromatic N) is 7. The number of hydrogen-bond acceptors (Lipinski definition) is 7. The summed E-state index contributed by atoms with van der Waals surface area (Å²) < 4.78 is 25.9. The summed E-state index contributed by atoms with van der Waals surface area (Å²) in [6.45, 7) is 2.98. The molecule has 0 radical (unpaired) electrons. The van der Waals surface area contributed by atoms with Crippen molar-refractivity contribution in [2.45, 2.75) is 45.2 Å². The number of carbonyl (C=O) groups is 1. The van der Waals surface area contributed by atoms with Gasteiger partial charge in [-0.25, -0.2) is 9.07 Å². The van der Waals surface area contributed by atoms with Crippen LogP contribution in [0, 0.1) is 11.7 Å². The zero-order valence-electron chi connectivity index (χ0n) is 25.2. The van der Waals surface area contributed by atoms with Crippen molar-refractivity contribution in [3.8, 4) is 28.1 Å². The van der Waals surface area contributed by atoms with Gasteiger partial charge in [-0.05, 0) is 49.6 Å². The summed E-state index contributed by atoms with van der Waals surface area (Å²) in [5, 5.41) is 15.9. The Morgan fingerprint density at radius 2 is 1.93 bits per heavy atom. The van der Waals surface area contributed by atoms with E-state index in [9.17, 15) is 9.59 Å². The number of pyridine rings is 2. The van der Waals surface area contributed by atoms with Crippen LogP contribution in [0.2, 0.25) is 10.2 Å². The molecule has 2 atom stereocenters. The van der Waals surface area contributed by atoms with Crippen LogP contribution in [0.15, 0.2) is 66.0 Å². The van der Waals surface area contributed by atoms with Gasteiger partial charge >= 0.3 is 0 Å². The Bertz CT molecular complexity index is 1960. The van der Waals surface area contributed by atoms with E-state index < -0.39 is 17.4 Å². The molecule has 1 aliphatic rings. The zero-order valence-corrected chi connectivity index (χ0v) is 26.7. The van der Waals surface area contributed by atoms with Gasteiger partial charge < -0.3 is 14.6 Å². The number of benzene rings is 1. The van der Waals surface area contributed by atoms with Gasteiger partial charge in [-0.3, -0.25) is 19.3 Å². The molecule has 5 heterocycles. The van der Waals surface area contributed by atoms with Crippen LogP contribution in [0.5, 0.6) is 0 Å². The third-order valence-corrected chi connectivity index (χ3v) is 8.51.